The van der Waals surface area contributed by atoms with E-state index in [9.17, 15) is 9.59 Å². The van der Waals surface area contributed by atoms with Crippen LogP contribution in [0.5, 0.6) is 17.2 Å². The molecule has 0 aliphatic rings. The highest BCUT2D eigenvalue weighted by molar-refractivity contribution is 6.04. The molecular formula is C21H20ClN5O5. The number of methoxy groups -OCH3 is 3. The van der Waals surface area contributed by atoms with E-state index >= 15 is 0 Å². The van der Waals surface area contributed by atoms with Gasteiger partial charge in [-0.15, -0.1) is 12.4 Å². The number of halogens is 1. The molecule has 2 aromatic heterocycles. The van der Waals surface area contributed by atoms with E-state index in [1.807, 2.05) is 30.3 Å². The van der Waals surface area contributed by atoms with Crippen molar-refractivity contribution < 1.29 is 19.0 Å². The number of fused-ring (bicyclic) bond motifs is 1. The minimum Gasteiger partial charge on any atom is -0.493 e. The quantitative estimate of drug-likeness (QED) is 0.456. The van der Waals surface area contributed by atoms with E-state index in [1.165, 1.54) is 39.5 Å². The average Bonchev–Trinajstić information content (AvgIpc) is 3.21. The summed E-state index contributed by atoms with van der Waals surface area (Å²) >= 11 is 0. The largest absolute Gasteiger partial charge is 0.493 e. The molecule has 166 valence electrons. The minimum absolute atomic E-state index is 0. The summed E-state index contributed by atoms with van der Waals surface area (Å²) in [6.07, 6.45) is 0. The van der Waals surface area contributed by atoms with Crippen LogP contribution in [0.25, 0.3) is 17.0 Å². The van der Waals surface area contributed by atoms with Crippen LogP contribution in [-0.2, 0) is 0 Å². The van der Waals surface area contributed by atoms with Crippen molar-refractivity contribution in [1.82, 2.24) is 19.6 Å². The number of hydrogen-bond donors (Lipinski definition) is 2. The average molecular weight is 458 g/mol. The summed E-state index contributed by atoms with van der Waals surface area (Å²) in [7, 11) is 4.39. The molecule has 0 radical (unpaired) electrons. The number of anilines is 1. The minimum atomic E-state index is -0.491. The lowest BCUT2D eigenvalue weighted by atomic mass is 10.1. The van der Waals surface area contributed by atoms with Gasteiger partial charge in [-0.1, -0.05) is 30.3 Å². The maximum absolute atomic E-state index is 12.8. The summed E-state index contributed by atoms with van der Waals surface area (Å²) in [4.78, 5) is 33.9. The maximum Gasteiger partial charge on any atom is 0.274 e. The van der Waals surface area contributed by atoms with E-state index < -0.39 is 5.91 Å². The Morgan fingerprint density at radius 1 is 0.969 bits per heavy atom. The van der Waals surface area contributed by atoms with Gasteiger partial charge in [0.2, 0.25) is 11.7 Å². The van der Waals surface area contributed by atoms with Gasteiger partial charge in [0.15, 0.2) is 11.5 Å². The molecule has 32 heavy (non-hydrogen) atoms. The third-order valence-corrected chi connectivity index (χ3v) is 4.56. The summed E-state index contributed by atoms with van der Waals surface area (Å²) in [5.41, 5.74) is 1.16. The molecule has 11 heteroatoms. The fourth-order valence-corrected chi connectivity index (χ4v) is 3.09. The molecule has 0 aliphatic heterocycles. The molecule has 0 saturated carbocycles. The van der Waals surface area contributed by atoms with Crippen molar-refractivity contribution in [3.05, 3.63) is 64.4 Å². The number of H-pyrrole nitrogens is 1. The second-order valence-electron chi connectivity index (χ2n) is 6.42. The van der Waals surface area contributed by atoms with Gasteiger partial charge in [0.25, 0.3) is 17.2 Å². The van der Waals surface area contributed by atoms with Crippen LogP contribution in [0.1, 0.15) is 10.4 Å². The Bertz CT molecular complexity index is 1290. The number of aromatic amines is 1. The normalized spacial score (nSPS) is 10.3. The van der Waals surface area contributed by atoms with Crippen molar-refractivity contribution in [2.45, 2.75) is 0 Å². The summed E-state index contributed by atoms with van der Waals surface area (Å²) in [5, 5.41) is 5.35. The van der Waals surface area contributed by atoms with Crippen LogP contribution in [0.15, 0.2) is 53.3 Å². The number of benzene rings is 2. The number of amides is 1. The van der Waals surface area contributed by atoms with Crippen molar-refractivity contribution >= 4 is 30.0 Å². The molecule has 0 fully saturated rings. The number of aromatic nitrogens is 4. The predicted octanol–water partition coefficient (Wildman–Crippen LogP) is 2.78. The number of nitrogens with one attached hydrogen (secondary N) is 2. The first-order valence-electron chi connectivity index (χ1n) is 9.20. The van der Waals surface area contributed by atoms with Gasteiger partial charge in [0, 0.05) is 17.2 Å². The standard InChI is InChI=1S/C21H19N5O5.ClH/c1-29-15-9-13(10-16(30-2)18(15)31-3)19(28)23-20-24-21-22-14(11-17(27)26(21)25-20)12-7-5-4-6-8-12;/h4-11H,1-3H3,(H2,22,23,24,25,28);1H. The highest BCUT2D eigenvalue weighted by Gasteiger charge is 2.18. The Hall–Kier alpha value is -4.05. The molecule has 0 spiro atoms. The lowest BCUT2D eigenvalue weighted by Crippen LogP contribution is -2.16. The number of ether oxygens (including phenoxy) is 3. The van der Waals surface area contributed by atoms with Crippen LogP contribution in [0, 0.1) is 0 Å². The van der Waals surface area contributed by atoms with Crippen LogP contribution >= 0.6 is 12.4 Å². The molecule has 0 unspecified atom stereocenters. The molecule has 10 nitrogen and oxygen atoms in total. The smallest absolute Gasteiger partial charge is 0.274 e. The Labute approximate surface area is 188 Å². The predicted molar refractivity (Wildman–Crippen MR) is 120 cm³/mol. The Kier molecular flexibility index (Phi) is 6.64. The highest BCUT2D eigenvalue weighted by atomic mass is 35.5. The molecule has 2 N–H and O–H groups in total. The fourth-order valence-electron chi connectivity index (χ4n) is 3.09. The monoisotopic (exact) mass is 457 g/mol. The summed E-state index contributed by atoms with van der Waals surface area (Å²) in [6, 6.07) is 13.7. The van der Waals surface area contributed by atoms with Gasteiger partial charge in [-0.3, -0.25) is 20.0 Å². The molecule has 1 amide bonds. The number of hydrogen-bond acceptors (Lipinski definition) is 7. The van der Waals surface area contributed by atoms with Crippen LogP contribution in [0.4, 0.5) is 5.95 Å². The summed E-state index contributed by atoms with van der Waals surface area (Å²) in [6.45, 7) is 0. The molecule has 0 atom stereocenters. The first kappa shape index (κ1) is 22.6. The van der Waals surface area contributed by atoms with Crippen LogP contribution in [0.2, 0.25) is 0 Å². The summed E-state index contributed by atoms with van der Waals surface area (Å²) in [5.74, 6) is 0.744. The first-order chi connectivity index (χ1) is 15.0. The topological polar surface area (TPSA) is 120 Å². The Morgan fingerprint density at radius 2 is 1.62 bits per heavy atom. The second kappa shape index (κ2) is 9.40. The van der Waals surface area contributed by atoms with Gasteiger partial charge in [0.1, 0.15) is 0 Å². The molecule has 4 aromatic rings. The van der Waals surface area contributed by atoms with Crippen molar-refractivity contribution in [3.63, 3.8) is 0 Å². The third-order valence-electron chi connectivity index (χ3n) is 4.56. The molecule has 4 rings (SSSR count). The van der Waals surface area contributed by atoms with Gasteiger partial charge in [-0.05, 0) is 12.1 Å². The number of nitrogens with zero attached hydrogens (tertiary/aromatic N) is 3. The molecule has 0 aliphatic carbocycles. The van der Waals surface area contributed by atoms with Crippen LogP contribution in [-0.4, -0.2) is 46.8 Å². The van der Waals surface area contributed by atoms with Gasteiger partial charge < -0.3 is 14.2 Å². The van der Waals surface area contributed by atoms with Gasteiger partial charge >= 0.3 is 0 Å². The number of carbonyl (C=O) groups is 1. The summed E-state index contributed by atoms with van der Waals surface area (Å²) < 4.78 is 17.0. The van der Waals surface area contributed by atoms with Crippen LogP contribution in [0.3, 0.4) is 0 Å². The third kappa shape index (κ3) is 4.21. The lowest BCUT2D eigenvalue weighted by molar-refractivity contribution is 0.102. The van der Waals surface area contributed by atoms with Gasteiger partial charge in [-0.25, -0.2) is 4.98 Å². The van der Waals surface area contributed by atoms with E-state index in [0.29, 0.717) is 22.9 Å². The van der Waals surface area contributed by atoms with Crippen molar-refractivity contribution in [2.24, 2.45) is 0 Å². The number of rotatable bonds is 6. The van der Waals surface area contributed by atoms with E-state index in [2.05, 4.69) is 20.4 Å². The van der Waals surface area contributed by atoms with Crippen molar-refractivity contribution in [2.75, 3.05) is 26.6 Å². The fraction of sp³-hybridized carbons (Fsp3) is 0.143. The van der Waals surface area contributed by atoms with E-state index in [0.717, 1.165) is 10.1 Å². The van der Waals surface area contributed by atoms with Gasteiger partial charge in [-0.2, -0.15) is 9.50 Å². The molecule has 0 bridgehead atoms. The molecule has 2 aromatic carbocycles. The van der Waals surface area contributed by atoms with E-state index in [-0.39, 0.29) is 35.3 Å². The molecule has 0 saturated heterocycles. The zero-order valence-electron chi connectivity index (χ0n) is 17.4. The second-order valence-corrected chi connectivity index (χ2v) is 6.42. The highest BCUT2D eigenvalue weighted by Crippen LogP contribution is 2.38. The van der Waals surface area contributed by atoms with E-state index in [4.69, 9.17) is 14.2 Å². The zero-order valence-corrected chi connectivity index (χ0v) is 18.2. The van der Waals surface area contributed by atoms with E-state index in [1.54, 1.807) is 0 Å². The van der Waals surface area contributed by atoms with Gasteiger partial charge in [0.05, 0.1) is 27.0 Å². The zero-order chi connectivity index (χ0) is 22.0. The Morgan fingerprint density at radius 3 is 2.22 bits per heavy atom. The van der Waals surface area contributed by atoms with Crippen molar-refractivity contribution in [1.29, 1.82) is 0 Å². The first-order valence-corrected chi connectivity index (χ1v) is 9.20. The molecule has 2 heterocycles. The maximum atomic E-state index is 12.8. The Balaban J connectivity index is 0.00000289. The number of carbonyl (C=O) groups excluding carboxylic acids is 1. The van der Waals surface area contributed by atoms with Crippen LogP contribution < -0.4 is 25.1 Å². The van der Waals surface area contributed by atoms with Crippen molar-refractivity contribution in [3.8, 4) is 28.5 Å². The lowest BCUT2D eigenvalue weighted by Gasteiger charge is -2.13. The SMILES string of the molecule is COc1cc(C(=O)Nc2nc3nc(-c4ccccc4)cc(=O)n3[nH]2)cc(OC)c1OC.Cl. The molecular weight excluding hydrogens is 438 g/mol.